The van der Waals surface area contributed by atoms with Gasteiger partial charge in [0.25, 0.3) is 0 Å². The number of hydrogen-bond acceptors (Lipinski definition) is 5. The molecular formula is C14H28N2O4. The molecule has 0 radical (unpaired) electrons. The zero-order chi connectivity index (χ0) is 15.4. The molecule has 3 N–H and O–H groups in total. The SMILES string of the molecule is CC(O)(CO)CNCC1CCCN1C(=O)OC(C)(C)C. The van der Waals surface area contributed by atoms with Crippen molar-refractivity contribution in [2.75, 3.05) is 26.2 Å². The van der Waals surface area contributed by atoms with Crippen LogP contribution in [-0.2, 0) is 4.74 Å². The molecule has 1 aliphatic heterocycles. The van der Waals surface area contributed by atoms with Gasteiger partial charge in [0.05, 0.1) is 12.2 Å². The molecule has 20 heavy (non-hydrogen) atoms. The second-order valence-corrected chi connectivity index (χ2v) is 6.76. The molecule has 118 valence electrons. The van der Waals surface area contributed by atoms with Crippen molar-refractivity contribution < 1.29 is 19.7 Å². The summed E-state index contributed by atoms with van der Waals surface area (Å²) in [6.45, 7) is 8.43. The number of amides is 1. The van der Waals surface area contributed by atoms with Crippen LogP contribution in [0.25, 0.3) is 0 Å². The molecule has 1 amide bonds. The maximum absolute atomic E-state index is 12.1. The predicted octanol–water partition coefficient (Wildman–Crippen LogP) is 0.719. The third kappa shape index (κ3) is 5.64. The highest BCUT2D eigenvalue weighted by Crippen LogP contribution is 2.20. The Balaban J connectivity index is 2.43. The van der Waals surface area contributed by atoms with Gasteiger partial charge in [-0.25, -0.2) is 4.79 Å². The molecule has 1 fully saturated rings. The van der Waals surface area contributed by atoms with Gasteiger partial charge in [-0.3, -0.25) is 0 Å². The molecule has 1 rings (SSSR count). The second kappa shape index (κ2) is 6.74. The number of likely N-dealkylation sites (tertiary alicyclic amines) is 1. The van der Waals surface area contributed by atoms with E-state index < -0.39 is 11.2 Å². The minimum atomic E-state index is -1.13. The van der Waals surface area contributed by atoms with Crippen molar-refractivity contribution in [1.82, 2.24) is 10.2 Å². The van der Waals surface area contributed by atoms with E-state index in [0.717, 1.165) is 12.8 Å². The topological polar surface area (TPSA) is 82.0 Å². The molecule has 0 spiro atoms. The number of nitrogens with one attached hydrogen (secondary N) is 1. The Labute approximate surface area is 121 Å². The Hall–Kier alpha value is -0.850. The molecule has 0 aromatic carbocycles. The van der Waals surface area contributed by atoms with Crippen molar-refractivity contribution >= 4 is 6.09 Å². The van der Waals surface area contributed by atoms with Crippen molar-refractivity contribution in [3.8, 4) is 0 Å². The fourth-order valence-electron chi connectivity index (χ4n) is 2.17. The summed E-state index contributed by atoms with van der Waals surface area (Å²) in [5, 5.41) is 21.8. The zero-order valence-corrected chi connectivity index (χ0v) is 13.0. The van der Waals surface area contributed by atoms with Gasteiger partial charge in [0, 0.05) is 25.7 Å². The lowest BCUT2D eigenvalue weighted by Gasteiger charge is -2.29. The van der Waals surface area contributed by atoms with E-state index in [-0.39, 0.29) is 18.7 Å². The van der Waals surface area contributed by atoms with Crippen molar-refractivity contribution in [1.29, 1.82) is 0 Å². The highest BCUT2D eigenvalue weighted by atomic mass is 16.6. The van der Waals surface area contributed by atoms with Gasteiger partial charge in [-0.1, -0.05) is 0 Å². The maximum atomic E-state index is 12.1. The Bertz CT molecular complexity index is 326. The van der Waals surface area contributed by atoms with Crippen LogP contribution < -0.4 is 5.32 Å². The molecule has 0 aromatic rings. The fourth-order valence-corrected chi connectivity index (χ4v) is 2.17. The summed E-state index contributed by atoms with van der Waals surface area (Å²) in [4.78, 5) is 13.8. The van der Waals surface area contributed by atoms with E-state index in [4.69, 9.17) is 9.84 Å². The number of aliphatic hydroxyl groups excluding tert-OH is 1. The molecule has 0 aliphatic carbocycles. The van der Waals surface area contributed by atoms with Crippen LogP contribution in [-0.4, -0.2) is 64.7 Å². The summed E-state index contributed by atoms with van der Waals surface area (Å²) in [5.41, 5.74) is -1.62. The molecule has 2 atom stereocenters. The number of hydrogen-bond donors (Lipinski definition) is 3. The van der Waals surface area contributed by atoms with Crippen LogP contribution in [0.2, 0.25) is 0 Å². The predicted molar refractivity (Wildman–Crippen MR) is 76.5 cm³/mol. The molecule has 6 heteroatoms. The Morgan fingerprint density at radius 2 is 2.05 bits per heavy atom. The van der Waals surface area contributed by atoms with Crippen molar-refractivity contribution in [3.63, 3.8) is 0 Å². The van der Waals surface area contributed by atoms with E-state index in [1.807, 2.05) is 20.8 Å². The van der Waals surface area contributed by atoms with Crippen LogP contribution in [0.15, 0.2) is 0 Å². The summed E-state index contributed by atoms with van der Waals surface area (Å²) in [6, 6.07) is 0.0827. The molecule has 0 saturated carbocycles. The number of ether oxygens (including phenoxy) is 1. The van der Waals surface area contributed by atoms with Gasteiger partial charge in [-0.2, -0.15) is 0 Å². The average Bonchev–Trinajstić information content (AvgIpc) is 2.75. The molecule has 2 unspecified atom stereocenters. The largest absolute Gasteiger partial charge is 0.444 e. The van der Waals surface area contributed by atoms with E-state index in [2.05, 4.69) is 5.32 Å². The fraction of sp³-hybridized carbons (Fsp3) is 0.929. The second-order valence-electron chi connectivity index (χ2n) is 6.76. The van der Waals surface area contributed by atoms with Gasteiger partial charge in [0.1, 0.15) is 5.60 Å². The normalized spacial score (nSPS) is 22.7. The van der Waals surface area contributed by atoms with Gasteiger partial charge in [-0.15, -0.1) is 0 Å². The quantitative estimate of drug-likeness (QED) is 0.694. The minimum absolute atomic E-state index is 0.0827. The molecule has 0 aromatic heterocycles. The highest BCUT2D eigenvalue weighted by Gasteiger charge is 2.32. The lowest BCUT2D eigenvalue weighted by molar-refractivity contribution is 0.000854. The Morgan fingerprint density at radius 1 is 1.40 bits per heavy atom. The summed E-state index contributed by atoms with van der Waals surface area (Å²) in [5.74, 6) is 0. The lowest BCUT2D eigenvalue weighted by atomic mass is 10.1. The standard InChI is InChI=1S/C14H28N2O4/c1-13(2,3)20-12(18)16-7-5-6-11(16)8-15-9-14(4,19)10-17/h11,15,17,19H,5-10H2,1-4H3. The van der Waals surface area contributed by atoms with E-state index in [9.17, 15) is 9.90 Å². The van der Waals surface area contributed by atoms with Crippen molar-refractivity contribution in [3.05, 3.63) is 0 Å². The highest BCUT2D eigenvalue weighted by molar-refractivity contribution is 5.69. The number of nitrogens with zero attached hydrogens (tertiary/aromatic N) is 1. The van der Waals surface area contributed by atoms with Gasteiger partial charge < -0.3 is 25.2 Å². The van der Waals surface area contributed by atoms with Crippen LogP contribution in [0.3, 0.4) is 0 Å². The summed E-state index contributed by atoms with van der Waals surface area (Å²) in [7, 11) is 0. The van der Waals surface area contributed by atoms with E-state index in [0.29, 0.717) is 19.6 Å². The summed E-state index contributed by atoms with van der Waals surface area (Å²) in [6.07, 6.45) is 1.60. The monoisotopic (exact) mass is 288 g/mol. The number of carbonyl (C=O) groups is 1. The molecular weight excluding hydrogens is 260 g/mol. The molecule has 1 saturated heterocycles. The first-order chi connectivity index (χ1) is 9.14. The first-order valence-electron chi connectivity index (χ1n) is 7.18. The van der Waals surface area contributed by atoms with Crippen LogP contribution in [0.5, 0.6) is 0 Å². The van der Waals surface area contributed by atoms with Gasteiger partial charge in [0.2, 0.25) is 0 Å². The van der Waals surface area contributed by atoms with E-state index >= 15 is 0 Å². The van der Waals surface area contributed by atoms with Gasteiger partial charge in [-0.05, 0) is 40.5 Å². The Morgan fingerprint density at radius 3 is 2.60 bits per heavy atom. The lowest BCUT2D eigenvalue weighted by Crippen LogP contribution is -2.47. The molecule has 1 aliphatic rings. The van der Waals surface area contributed by atoms with Crippen molar-refractivity contribution in [2.45, 2.75) is 57.8 Å². The molecule has 6 nitrogen and oxygen atoms in total. The maximum Gasteiger partial charge on any atom is 0.410 e. The summed E-state index contributed by atoms with van der Waals surface area (Å²) >= 11 is 0. The third-order valence-electron chi connectivity index (χ3n) is 3.23. The first-order valence-corrected chi connectivity index (χ1v) is 7.18. The number of aliphatic hydroxyl groups is 2. The summed E-state index contributed by atoms with van der Waals surface area (Å²) < 4.78 is 5.39. The Kier molecular flexibility index (Phi) is 5.79. The number of carbonyl (C=O) groups excluding carboxylic acids is 1. The first kappa shape index (κ1) is 17.2. The van der Waals surface area contributed by atoms with Crippen LogP contribution in [0.4, 0.5) is 4.79 Å². The van der Waals surface area contributed by atoms with E-state index in [1.54, 1.807) is 11.8 Å². The van der Waals surface area contributed by atoms with Gasteiger partial charge in [0.15, 0.2) is 0 Å². The van der Waals surface area contributed by atoms with Crippen LogP contribution in [0.1, 0.15) is 40.5 Å². The van der Waals surface area contributed by atoms with Crippen LogP contribution >= 0.6 is 0 Å². The van der Waals surface area contributed by atoms with Gasteiger partial charge >= 0.3 is 6.09 Å². The smallest absolute Gasteiger partial charge is 0.410 e. The molecule has 1 heterocycles. The number of rotatable bonds is 5. The van der Waals surface area contributed by atoms with Crippen LogP contribution in [0, 0.1) is 0 Å². The van der Waals surface area contributed by atoms with Crippen molar-refractivity contribution in [2.24, 2.45) is 0 Å². The average molecular weight is 288 g/mol. The zero-order valence-electron chi connectivity index (χ0n) is 13.0. The molecule has 0 bridgehead atoms. The van der Waals surface area contributed by atoms with E-state index in [1.165, 1.54) is 0 Å². The third-order valence-corrected chi connectivity index (χ3v) is 3.23. The minimum Gasteiger partial charge on any atom is -0.444 e.